The van der Waals surface area contributed by atoms with E-state index in [0.717, 1.165) is 12.2 Å². The number of unbranched alkanes of at least 4 members (excludes halogenated alkanes) is 2. The van der Waals surface area contributed by atoms with Gasteiger partial charge in [0.1, 0.15) is 5.82 Å². The third kappa shape index (κ3) is 7.86. The van der Waals surface area contributed by atoms with Gasteiger partial charge in [0.15, 0.2) is 5.75 Å². The summed E-state index contributed by atoms with van der Waals surface area (Å²) in [6, 6.07) is 1.80. The van der Waals surface area contributed by atoms with E-state index >= 15 is 0 Å². The second-order valence-electron chi connectivity index (χ2n) is 4.69. The number of H-pyrrole nitrogens is 1. The van der Waals surface area contributed by atoms with Crippen LogP contribution in [0.15, 0.2) is 12.3 Å². The Kier molecular flexibility index (Phi) is 7.78. The number of hydrogen-bond donors (Lipinski definition) is 4. The number of carboxylic acid groups (broad SMARTS) is 2. The Morgan fingerprint density at radius 2 is 1.76 bits per heavy atom. The maximum Gasteiger partial charge on any atom is 0.303 e. The van der Waals surface area contributed by atoms with Gasteiger partial charge in [-0.3, -0.25) is 9.59 Å². The number of carboxylic acids is 2. The van der Waals surface area contributed by atoms with E-state index in [-0.39, 0.29) is 12.8 Å². The van der Waals surface area contributed by atoms with Gasteiger partial charge in [-0.2, -0.15) is 0 Å². The van der Waals surface area contributed by atoms with Gasteiger partial charge in [-0.05, 0) is 31.7 Å². The van der Waals surface area contributed by atoms with Gasteiger partial charge in [-0.25, -0.2) is 0 Å². The number of aliphatic carboxylic acids is 2. The van der Waals surface area contributed by atoms with Crippen molar-refractivity contribution in [2.45, 2.75) is 38.5 Å². The largest absolute Gasteiger partial charge is 0.490 e. The lowest BCUT2D eigenvalue weighted by molar-refractivity contribution is -0.138. The number of ether oxygens (including phenoxy) is 1. The maximum absolute atomic E-state index is 10.4. The van der Waals surface area contributed by atoms with Crippen LogP contribution in [0, 0.1) is 0 Å². The summed E-state index contributed by atoms with van der Waals surface area (Å²) in [4.78, 5) is 23.8. The molecule has 0 aliphatic carbocycles. The molecule has 0 saturated carbocycles. The third-order valence-corrected chi connectivity index (χ3v) is 2.87. The summed E-state index contributed by atoms with van der Waals surface area (Å²) in [7, 11) is 0. The molecular weight excluding hydrogens is 276 g/mol. The van der Waals surface area contributed by atoms with Crippen LogP contribution in [-0.4, -0.2) is 40.3 Å². The number of anilines is 1. The van der Waals surface area contributed by atoms with Crippen LogP contribution in [0.5, 0.6) is 5.75 Å². The fourth-order valence-electron chi connectivity index (χ4n) is 1.79. The Bertz CT molecular complexity index is 406. The second kappa shape index (κ2) is 9.68. The Hall–Kier alpha value is -2.18. The first kappa shape index (κ1) is 16.9. The van der Waals surface area contributed by atoms with E-state index in [0.29, 0.717) is 38.2 Å². The highest BCUT2D eigenvalue weighted by Crippen LogP contribution is 2.22. The van der Waals surface area contributed by atoms with Crippen molar-refractivity contribution >= 4 is 17.8 Å². The minimum atomic E-state index is -0.791. The number of carbonyl (C=O) groups is 2. The fourth-order valence-corrected chi connectivity index (χ4v) is 1.79. The van der Waals surface area contributed by atoms with E-state index in [1.807, 2.05) is 0 Å². The zero-order valence-electron chi connectivity index (χ0n) is 11.9. The van der Waals surface area contributed by atoms with Crippen LogP contribution < -0.4 is 10.1 Å². The Labute approximate surface area is 123 Å². The van der Waals surface area contributed by atoms with Crippen molar-refractivity contribution in [3.8, 4) is 5.75 Å². The predicted molar refractivity (Wildman–Crippen MR) is 77.8 cm³/mol. The molecule has 7 nitrogen and oxygen atoms in total. The molecule has 1 heterocycles. The van der Waals surface area contributed by atoms with Crippen LogP contribution >= 0.6 is 0 Å². The van der Waals surface area contributed by atoms with E-state index < -0.39 is 11.9 Å². The first-order valence-electron chi connectivity index (χ1n) is 7.07. The molecule has 0 aliphatic heterocycles. The highest BCUT2D eigenvalue weighted by atomic mass is 16.5. The minimum absolute atomic E-state index is 0.158. The molecule has 0 bridgehead atoms. The highest BCUT2D eigenvalue weighted by Gasteiger charge is 2.05. The lowest BCUT2D eigenvalue weighted by Crippen LogP contribution is -2.06. The summed E-state index contributed by atoms with van der Waals surface area (Å²) in [5.74, 6) is -0.104. The average Bonchev–Trinajstić information content (AvgIpc) is 2.85. The molecule has 0 spiro atoms. The summed E-state index contributed by atoms with van der Waals surface area (Å²) in [5.41, 5.74) is 0. The summed E-state index contributed by atoms with van der Waals surface area (Å²) in [5, 5.41) is 20.2. The smallest absolute Gasteiger partial charge is 0.303 e. The standard InChI is InChI=1S/C14H22N2O5/c17-12(18)5-1-3-8-15-14-11(7-9-16-14)21-10-4-2-6-13(19)20/h7,9,15-16H,1-6,8,10H2,(H,17,18)(H,19,20). The van der Waals surface area contributed by atoms with Gasteiger partial charge in [0.05, 0.1) is 6.61 Å². The monoisotopic (exact) mass is 298 g/mol. The van der Waals surface area contributed by atoms with Crippen LogP contribution in [-0.2, 0) is 9.59 Å². The quantitative estimate of drug-likeness (QED) is 0.441. The molecule has 21 heavy (non-hydrogen) atoms. The van der Waals surface area contributed by atoms with Crippen molar-refractivity contribution in [2.24, 2.45) is 0 Å². The summed E-state index contributed by atoms with van der Waals surface area (Å²) < 4.78 is 5.57. The number of aromatic nitrogens is 1. The van der Waals surface area contributed by atoms with Crippen LogP contribution in [0.2, 0.25) is 0 Å². The van der Waals surface area contributed by atoms with Crippen molar-refractivity contribution in [2.75, 3.05) is 18.5 Å². The average molecular weight is 298 g/mol. The highest BCUT2D eigenvalue weighted by molar-refractivity contribution is 5.66. The van der Waals surface area contributed by atoms with E-state index in [1.54, 1.807) is 12.3 Å². The number of rotatable bonds is 12. The molecular formula is C14H22N2O5. The minimum Gasteiger partial charge on any atom is -0.490 e. The Morgan fingerprint density at radius 1 is 1.10 bits per heavy atom. The predicted octanol–water partition coefficient (Wildman–Crippen LogP) is 2.32. The van der Waals surface area contributed by atoms with Gasteiger partial charge in [0.2, 0.25) is 0 Å². The SMILES string of the molecule is O=C(O)CCCCNc1[nH]ccc1OCCCCC(=O)O. The summed E-state index contributed by atoms with van der Waals surface area (Å²) >= 11 is 0. The Morgan fingerprint density at radius 3 is 2.43 bits per heavy atom. The molecule has 0 aromatic carbocycles. The molecule has 0 amide bonds. The van der Waals surface area contributed by atoms with Gasteiger partial charge in [0.25, 0.3) is 0 Å². The lowest BCUT2D eigenvalue weighted by Gasteiger charge is -2.09. The van der Waals surface area contributed by atoms with Gasteiger partial charge in [0, 0.05) is 25.6 Å². The molecule has 118 valence electrons. The molecule has 0 atom stereocenters. The van der Waals surface area contributed by atoms with Crippen molar-refractivity contribution < 1.29 is 24.5 Å². The molecule has 0 aliphatic rings. The topological polar surface area (TPSA) is 112 Å². The first-order chi connectivity index (χ1) is 10.1. The zero-order valence-corrected chi connectivity index (χ0v) is 11.9. The van der Waals surface area contributed by atoms with Crippen LogP contribution in [0.3, 0.4) is 0 Å². The van der Waals surface area contributed by atoms with E-state index in [1.165, 1.54) is 0 Å². The number of hydrogen-bond acceptors (Lipinski definition) is 4. The normalized spacial score (nSPS) is 10.3. The summed E-state index contributed by atoms with van der Waals surface area (Å²) in [6.07, 6.45) is 4.78. The molecule has 1 aromatic heterocycles. The van der Waals surface area contributed by atoms with Crippen molar-refractivity contribution in [1.29, 1.82) is 0 Å². The Balaban J connectivity index is 2.17. The third-order valence-electron chi connectivity index (χ3n) is 2.87. The number of aromatic amines is 1. The second-order valence-corrected chi connectivity index (χ2v) is 4.69. The molecule has 0 fully saturated rings. The van der Waals surface area contributed by atoms with Crippen LogP contribution in [0.25, 0.3) is 0 Å². The molecule has 1 rings (SSSR count). The van der Waals surface area contributed by atoms with Gasteiger partial charge >= 0.3 is 11.9 Å². The summed E-state index contributed by atoms with van der Waals surface area (Å²) in [6.45, 7) is 1.14. The maximum atomic E-state index is 10.4. The molecule has 0 saturated heterocycles. The first-order valence-corrected chi connectivity index (χ1v) is 7.07. The molecule has 7 heteroatoms. The lowest BCUT2D eigenvalue weighted by atomic mass is 10.2. The van der Waals surface area contributed by atoms with Gasteiger partial charge in [-0.1, -0.05) is 0 Å². The van der Waals surface area contributed by atoms with E-state index in [4.69, 9.17) is 14.9 Å². The van der Waals surface area contributed by atoms with Gasteiger partial charge in [-0.15, -0.1) is 0 Å². The van der Waals surface area contributed by atoms with Crippen molar-refractivity contribution in [1.82, 2.24) is 4.98 Å². The van der Waals surface area contributed by atoms with E-state index in [2.05, 4.69) is 10.3 Å². The van der Waals surface area contributed by atoms with Crippen LogP contribution in [0.4, 0.5) is 5.82 Å². The molecule has 0 unspecified atom stereocenters. The number of nitrogens with one attached hydrogen (secondary N) is 2. The van der Waals surface area contributed by atoms with Crippen molar-refractivity contribution in [3.63, 3.8) is 0 Å². The molecule has 1 aromatic rings. The molecule has 0 radical (unpaired) electrons. The van der Waals surface area contributed by atoms with Crippen molar-refractivity contribution in [3.05, 3.63) is 12.3 Å². The fraction of sp³-hybridized carbons (Fsp3) is 0.571. The zero-order chi connectivity index (χ0) is 15.5. The molecule has 4 N–H and O–H groups in total. The van der Waals surface area contributed by atoms with Crippen LogP contribution in [0.1, 0.15) is 38.5 Å². The van der Waals surface area contributed by atoms with E-state index in [9.17, 15) is 9.59 Å². The van der Waals surface area contributed by atoms with Gasteiger partial charge < -0.3 is 25.3 Å².